The fourth-order valence-electron chi connectivity index (χ4n) is 3.05. The number of hydrogen-bond acceptors (Lipinski definition) is 4. The quantitative estimate of drug-likeness (QED) is 0.926. The standard InChI is InChI=1S/C18H20FN3O2/c1-24-16-8-7-13(19)9-14(16)15-10-17(21-11-20-15)22-18(23)12-5-3-2-4-6-12/h7-12H,2-6H2,1H3,(H,20,21,22,23). The molecule has 0 atom stereocenters. The van der Waals surface area contributed by atoms with Crippen molar-refractivity contribution in [2.75, 3.05) is 12.4 Å². The number of benzene rings is 1. The summed E-state index contributed by atoms with van der Waals surface area (Å²) in [5.41, 5.74) is 1.02. The first kappa shape index (κ1) is 16.4. The fraction of sp³-hybridized carbons (Fsp3) is 0.389. The molecule has 1 aliphatic carbocycles. The van der Waals surface area contributed by atoms with Gasteiger partial charge in [0.1, 0.15) is 23.7 Å². The first-order valence-electron chi connectivity index (χ1n) is 8.14. The molecule has 0 unspecified atom stereocenters. The summed E-state index contributed by atoms with van der Waals surface area (Å²) in [6.45, 7) is 0. The van der Waals surface area contributed by atoms with Gasteiger partial charge < -0.3 is 10.1 Å². The van der Waals surface area contributed by atoms with Crippen molar-refractivity contribution in [2.24, 2.45) is 5.92 Å². The molecule has 0 spiro atoms. The van der Waals surface area contributed by atoms with Gasteiger partial charge in [0.05, 0.1) is 12.8 Å². The number of anilines is 1. The molecular formula is C18H20FN3O2. The minimum Gasteiger partial charge on any atom is -0.496 e. The molecule has 1 heterocycles. The molecule has 5 nitrogen and oxygen atoms in total. The zero-order chi connectivity index (χ0) is 16.9. The van der Waals surface area contributed by atoms with Crippen molar-refractivity contribution in [1.82, 2.24) is 9.97 Å². The van der Waals surface area contributed by atoms with Crippen LogP contribution in [0.4, 0.5) is 10.2 Å². The summed E-state index contributed by atoms with van der Waals surface area (Å²) in [6.07, 6.45) is 6.57. The van der Waals surface area contributed by atoms with Crippen LogP contribution in [0.15, 0.2) is 30.6 Å². The van der Waals surface area contributed by atoms with E-state index in [2.05, 4.69) is 15.3 Å². The molecule has 0 bridgehead atoms. The predicted octanol–water partition coefficient (Wildman–Crippen LogP) is 3.81. The van der Waals surface area contributed by atoms with Gasteiger partial charge in [-0.1, -0.05) is 19.3 Å². The minimum absolute atomic E-state index is 0.00874. The van der Waals surface area contributed by atoms with Crippen molar-refractivity contribution in [3.8, 4) is 17.0 Å². The van der Waals surface area contributed by atoms with Gasteiger partial charge in [-0.2, -0.15) is 0 Å². The van der Waals surface area contributed by atoms with Crippen LogP contribution in [0.1, 0.15) is 32.1 Å². The van der Waals surface area contributed by atoms with Crippen LogP contribution in [-0.2, 0) is 4.79 Å². The number of carbonyl (C=O) groups excluding carboxylic acids is 1. The number of rotatable bonds is 4. The van der Waals surface area contributed by atoms with E-state index in [9.17, 15) is 9.18 Å². The Bertz CT molecular complexity index is 730. The van der Waals surface area contributed by atoms with Gasteiger partial charge >= 0.3 is 0 Å². The molecule has 3 rings (SSSR count). The minimum atomic E-state index is -0.378. The van der Waals surface area contributed by atoms with Crippen LogP contribution < -0.4 is 10.1 Å². The highest BCUT2D eigenvalue weighted by Gasteiger charge is 2.21. The van der Waals surface area contributed by atoms with E-state index in [4.69, 9.17) is 4.74 Å². The van der Waals surface area contributed by atoms with Crippen LogP contribution in [0.25, 0.3) is 11.3 Å². The van der Waals surface area contributed by atoms with Crippen LogP contribution in [0.2, 0.25) is 0 Å². The Kier molecular flexibility index (Phi) is 5.03. The monoisotopic (exact) mass is 329 g/mol. The van der Waals surface area contributed by atoms with Crippen LogP contribution in [0.3, 0.4) is 0 Å². The zero-order valence-electron chi connectivity index (χ0n) is 13.6. The molecule has 0 saturated heterocycles. The van der Waals surface area contributed by atoms with Crippen molar-refractivity contribution in [2.45, 2.75) is 32.1 Å². The molecule has 1 N–H and O–H groups in total. The molecule has 1 aliphatic rings. The lowest BCUT2D eigenvalue weighted by atomic mass is 9.89. The van der Waals surface area contributed by atoms with E-state index in [1.54, 1.807) is 12.1 Å². The van der Waals surface area contributed by atoms with Gasteiger partial charge in [0.25, 0.3) is 0 Å². The van der Waals surface area contributed by atoms with Gasteiger partial charge in [-0.25, -0.2) is 14.4 Å². The Hall–Kier alpha value is -2.50. The topological polar surface area (TPSA) is 64.1 Å². The second-order valence-corrected chi connectivity index (χ2v) is 5.96. The van der Waals surface area contributed by atoms with E-state index < -0.39 is 0 Å². The molecule has 1 fully saturated rings. The van der Waals surface area contributed by atoms with Crippen LogP contribution >= 0.6 is 0 Å². The highest BCUT2D eigenvalue weighted by molar-refractivity contribution is 5.92. The summed E-state index contributed by atoms with van der Waals surface area (Å²) in [5, 5.41) is 2.85. The largest absolute Gasteiger partial charge is 0.496 e. The van der Waals surface area contributed by atoms with E-state index in [1.165, 1.54) is 32.0 Å². The van der Waals surface area contributed by atoms with Crippen molar-refractivity contribution >= 4 is 11.7 Å². The van der Waals surface area contributed by atoms with Crippen molar-refractivity contribution in [1.29, 1.82) is 0 Å². The summed E-state index contributed by atoms with van der Waals surface area (Å²) in [6, 6.07) is 5.87. The average Bonchev–Trinajstić information content (AvgIpc) is 2.62. The molecule has 0 radical (unpaired) electrons. The van der Waals surface area contributed by atoms with E-state index in [0.717, 1.165) is 25.7 Å². The predicted molar refractivity (Wildman–Crippen MR) is 89.2 cm³/mol. The number of nitrogens with zero attached hydrogens (tertiary/aromatic N) is 2. The van der Waals surface area contributed by atoms with Gasteiger partial charge in [0.15, 0.2) is 0 Å². The number of aromatic nitrogens is 2. The van der Waals surface area contributed by atoms with Crippen molar-refractivity contribution in [3.63, 3.8) is 0 Å². The first-order valence-corrected chi connectivity index (χ1v) is 8.14. The lowest BCUT2D eigenvalue weighted by Gasteiger charge is -2.20. The highest BCUT2D eigenvalue weighted by atomic mass is 19.1. The normalized spacial score (nSPS) is 15.1. The van der Waals surface area contributed by atoms with Crippen LogP contribution in [-0.4, -0.2) is 23.0 Å². The van der Waals surface area contributed by atoms with E-state index >= 15 is 0 Å². The fourth-order valence-corrected chi connectivity index (χ4v) is 3.05. The molecule has 24 heavy (non-hydrogen) atoms. The van der Waals surface area contributed by atoms with E-state index in [-0.39, 0.29) is 17.6 Å². The molecule has 1 amide bonds. The summed E-state index contributed by atoms with van der Waals surface area (Å²) in [7, 11) is 1.52. The lowest BCUT2D eigenvalue weighted by molar-refractivity contribution is -0.120. The van der Waals surface area contributed by atoms with Crippen molar-refractivity contribution < 1.29 is 13.9 Å². The maximum absolute atomic E-state index is 13.6. The van der Waals surface area contributed by atoms with Gasteiger partial charge in [-0.15, -0.1) is 0 Å². The molecule has 1 saturated carbocycles. The molecule has 2 aromatic rings. The first-order chi connectivity index (χ1) is 11.7. The molecule has 1 aromatic heterocycles. The summed E-state index contributed by atoms with van der Waals surface area (Å²) in [4.78, 5) is 20.6. The Balaban J connectivity index is 1.81. The van der Waals surface area contributed by atoms with Gasteiger partial charge in [-0.05, 0) is 31.0 Å². The number of methoxy groups -OCH3 is 1. The van der Waals surface area contributed by atoms with Crippen LogP contribution in [0.5, 0.6) is 5.75 Å². The molecule has 1 aromatic carbocycles. The number of nitrogens with one attached hydrogen (secondary N) is 1. The third-order valence-electron chi connectivity index (χ3n) is 4.33. The number of carbonyl (C=O) groups is 1. The summed E-state index contributed by atoms with van der Waals surface area (Å²) >= 11 is 0. The maximum Gasteiger partial charge on any atom is 0.228 e. The lowest BCUT2D eigenvalue weighted by Crippen LogP contribution is -2.25. The zero-order valence-corrected chi connectivity index (χ0v) is 13.6. The Labute approximate surface area is 140 Å². The molecular weight excluding hydrogens is 309 g/mol. The average molecular weight is 329 g/mol. The second-order valence-electron chi connectivity index (χ2n) is 5.96. The molecule has 6 heteroatoms. The smallest absolute Gasteiger partial charge is 0.228 e. The van der Waals surface area contributed by atoms with E-state index in [0.29, 0.717) is 22.8 Å². The Morgan fingerprint density at radius 3 is 2.75 bits per heavy atom. The van der Waals surface area contributed by atoms with E-state index in [1.807, 2.05) is 0 Å². The maximum atomic E-state index is 13.6. The second kappa shape index (κ2) is 7.38. The summed E-state index contributed by atoms with van der Waals surface area (Å²) in [5.74, 6) is 0.588. The third kappa shape index (κ3) is 3.69. The highest BCUT2D eigenvalue weighted by Crippen LogP contribution is 2.30. The Morgan fingerprint density at radius 1 is 1.21 bits per heavy atom. The Morgan fingerprint density at radius 2 is 2.00 bits per heavy atom. The summed E-state index contributed by atoms with van der Waals surface area (Å²) < 4.78 is 18.8. The number of amides is 1. The molecule has 126 valence electrons. The number of halogens is 1. The SMILES string of the molecule is COc1ccc(F)cc1-c1cc(NC(=O)C2CCCCC2)ncn1. The van der Waals surface area contributed by atoms with Crippen molar-refractivity contribution in [3.05, 3.63) is 36.4 Å². The number of hydrogen-bond donors (Lipinski definition) is 1. The number of ether oxygens (including phenoxy) is 1. The van der Waals surface area contributed by atoms with Crippen LogP contribution in [0, 0.1) is 11.7 Å². The third-order valence-corrected chi connectivity index (χ3v) is 4.33. The van der Waals surface area contributed by atoms with Gasteiger partial charge in [0, 0.05) is 17.5 Å². The van der Waals surface area contributed by atoms with Gasteiger partial charge in [0.2, 0.25) is 5.91 Å². The molecule has 0 aliphatic heterocycles. The van der Waals surface area contributed by atoms with Gasteiger partial charge in [-0.3, -0.25) is 4.79 Å².